The number of halogens is 2. The Kier molecular flexibility index (Phi) is 4.61. The van der Waals surface area contributed by atoms with Crippen molar-refractivity contribution >= 4 is 33.5 Å². The average molecular weight is 292 g/mol. The van der Waals surface area contributed by atoms with E-state index in [2.05, 4.69) is 20.7 Å². The van der Waals surface area contributed by atoms with Crippen LogP contribution in [0.5, 0.6) is 0 Å². The van der Waals surface area contributed by atoms with Gasteiger partial charge in [-0.3, -0.25) is 4.79 Å². The second-order valence-corrected chi connectivity index (χ2v) is 4.22. The van der Waals surface area contributed by atoms with E-state index in [0.717, 1.165) is 22.0 Å². The summed E-state index contributed by atoms with van der Waals surface area (Å²) in [5, 5.41) is 1.41. The molecule has 0 aliphatic heterocycles. The van der Waals surface area contributed by atoms with E-state index < -0.39 is 0 Å². The maximum Gasteiger partial charge on any atom is 0.309 e. The van der Waals surface area contributed by atoms with Gasteiger partial charge in [-0.1, -0.05) is 33.6 Å². The average Bonchev–Trinajstić information content (AvgIpc) is 2.24. The van der Waals surface area contributed by atoms with Crippen LogP contribution in [-0.4, -0.2) is 13.1 Å². The number of hydrogen-bond donors (Lipinski definition) is 0. The molecule has 0 spiro atoms. The summed E-state index contributed by atoms with van der Waals surface area (Å²) < 4.78 is 4.63. The van der Waals surface area contributed by atoms with Crippen molar-refractivity contribution in [2.45, 2.75) is 18.7 Å². The molecule has 0 radical (unpaired) electrons. The molecule has 0 N–H and O–H groups in total. The third-order valence-electron chi connectivity index (χ3n) is 2.23. The number of alkyl halides is 1. The Labute approximate surface area is 103 Å². The van der Waals surface area contributed by atoms with Gasteiger partial charge in [0.2, 0.25) is 0 Å². The Morgan fingerprint density at radius 1 is 1.53 bits per heavy atom. The molecular formula is C11H12BrClO2. The van der Waals surface area contributed by atoms with Crippen LogP contribution in [0.2, 0.25) is 5.02 Å². The van der Waals surface area contributed by atoms with Crippen LogP contribution in [0.15, 0.2) is 12.1 Å². The second kappa shape index (κ2) is 5.52. The Morgan fingerprint density at radius 2 is 2.20 bits per heavy atom. The van der Waals surface area contributed by atoms with Crippen molar-refractivity contribution in [3.05, 3.63) is 33.8 Å². The van der Waals surface area contributed by atoms with Gasteiger partial charge in [0.15, 0.2) is 0 Å². The molecule has 1 aromatic carbocycles. The first-order chi connectivity index (χ1) is 7.08. The Balaban J connectivity index is 3.05. The summed E-state index contributed by atoms with van der Waals surface area (Å²) in [6.07, 6.45) is 0.267. The van der Waals surface area contributed by atoms with Gasteiger partial charge in [-0.25, -0.2) is 0 Å². The molecule has 1 aromatic rings. The summed E-state index contributed by atoms with van der Waals surface area (Å²) >= 11 is 9.41. The smallest absolute Gasteiger partial charge is 0.309 e. The highest BCUT2D eigenvalue weighted by atomic mass is 79.9. The van der Waals surface area contributed by atoms with Crippen molar-refractivity contribution in [1.82, 2.24) is 0 Å². The van der Waals surface area contributed by atoms with Gasteiger partial charge < -0.3 is 4.74 Å². The van der Waals surface area contributed by atoms with Crippen LogP contribution < -0.4 is 0 Å². The molecule has 2 nitrogen and oxygen atoms in total. The van der Waals surface area contributed by atoms with Gasteiger partial charge in [-0.2, -0.15) is 0 Å². The first kappa shape index (κ1) is 12.5. The van der Waals surface area contributed by atoms with Crippen LogP contribution in [0, 0.1) is 6.92 Å². The van der Waals surface area contributed by atoms with Gasteiger partial charge in [-0.15, -0.1) is 0 Å². The van der Waals surface area contributed by atoms with Crippen molar-refractivity contribution in [2.75, 3.05) is 7.11 Å². The molecule has 0 aromatic heterocycles. The highest BCUT2D eigenvalue weighted by molar-refractivity contribution is 9.08. The van der Waals surface area contributed by atoms with Crippen molar-refractivity contribution in [2.24, 2.45) is 0 Å². The fourth-order valence-electron chi connectivity index (χ4n) is 1.29. The zero-order chi connectivity index (χ0) is 11.4. The first-order valence-electron chi connectivity index (χ1n) is 4.49. The lowest BCUT2D eigenvalue weighted by atomic mass is 10.0. The molecule has 1 rings (SSSR count). The molecule has 0 heterocycles. The number of hydrogen-bond acceptors (Lipinski definition) is 2. The Morgan fingerprint density at radius 3 is 2.73 bits per heavy atom. The van der Waals surface area contributed by atoms with E-state index in [1.54, 1.807) is 0 Å². The minimum atomic E-state index is -0.249. The van der Waals surface area contributed by atoms with Crippen LogP contribution in [0.25, 0.3) is 0 Å². The van der Waals surface area contributed by atoms with Crippen LogP contribution in [0.3, 0.4) is 0 Å². The zero-order valence-electron chi connectivity index (χ0n) is 8.64. The van der Waals surface area contributed by atoms with Gasteiger partial charge in [0.1, 0.15) is 0 Å². The lowest BCUT2D eigenvalue weighted by Gasteiger charge is -2.08. The van der Waals surface area contributed by atoms with Crippen LogP contribution in [0.1, 0.15) is 16.7 Å². The third-order valence-corrected chi connectivity index (χ3v) is 3.27. The van der Waals surface area contributed by atoms with Crippen LogP contribution in [0.4, 0.5) is 0 Å². The number of rotatable bonds is 3. The molecule has 0 atom stereocenters. The summed E-state index contributed by atoms with van der Waals surface area (Å²) in [5.74, 6) is -0.249. The third kappa shape index (κ3) is 3.21. The first-order valence-corrected chi connectivity index (χ1v) is 5.99. The topological polar surface area (TPSA) is 26.3 Å². The van der Waals surface area contributed by atoms with E-state index in [0.29, 0.717) is 5.02 Å². The monoisotopic (exact) mass is 290 g/mol. The fourth-order valence-corrected chi connectivity index (χ4v) is 1.87. The largest absolute Gasteiger partial charge is 0.469 e. The SMILES string of the molecule is COC(=O)Cc1cc(CBr)cc(Cl)c1C. The number of carbonyl (C=O) groups excluding carboxylic acids is 1. The summed E-state index contributed by atoms with van der Waals surface area (Å²) in [5.41, 5.74) is 2.92. The summed E-state index contributed by atoms with van der Waals surface area (Å²) in [6, 6.07) is 3.86. The molecule has 4 heteroatoms. The fraction of sp³-hybridized carbons (Fsp3) is 0.364. The number of esters is 1. The number of ether oxygens (including phenoxy) is 1. The minimum Gasteiger partial charge on any atom is -0.469 e. The molecule has 0 bridgehead atoms. The predicted molar refractivity (Wildman–Crippen MR) is 64.5 cm³/mol. The van der Waals surface area contributed by atoms with Crippen molar-refractivity contribution in [3.63, 3.8) is 0 Å². The van der Waals surface area contributed by atoms with E-state index in [9.17, 15) is 4.79 Å². The van der Waals surface area contributed by atoms with Gasteiger partial charge >= 0.3 is 5.97 Å². The quantitative estimate of drug-likeness (QED) is 0.631. The van der Waals surface area contributed by atoms with Gasteiger partial charge in [-0.05, 0) is 29.7 Å². The normalized spacial score (nSPS) is 10.1. The lowest BCUT2D eigenvalue weighted by Crippen LogP contribution is -2.06. The molecule has 0 aliphatic rings. The molecule has 0 unspecified atom stereocenters. The van der Waals surface area contributed by atoms with E-state index in [1.807, 2.05) is 19.1 Å². The standard InChI is InChI=1S/C11H12BrClO2/c1-7-9(5-11(14)15-2)3-8(6-12)4-10(7)13/h3-4H,5-6H2,1-2H3. The second-order valence-electron chi connectivity index (χ2n) is 3.25. The molecular weight excluding hydrogens is 279 g/mol. The minimum absolute atomic E-state index is 0.249. The van der Waals surface area contributed by atoms with Crippen LogP contribution in [-0.2, 0) is 21.3 Å². The van der Waals surface area contributed by atoms with Crippen molar-refractivity contribution in [1.29, 1.82) is 0 Å². The molecule has 0 saturated carbocycles. The maximum absolute atomic E-state index is 11.2. The molecule has 0 aliphatic carbocycles. The summed E-state index contributed by atoms with van der Waals surface area (Å²) in [7, 11) is 1.38. The van der Waals surface area contributed by atoms with Crippen LogP contribution >= 0.6 is 27.5 Å². The van der Waals surface area contributed by atoms with Crippen molar-refractivity contribution in [3.8, 4) is 0 Å². The van der Waals surface area contributed by atoms with Gasteiger partial charge in [0, 0.05) is 10.4 Å². The number of methoxy groups -OCH3 is 1. The lowest BCUT2D eigenvalue weighted by molar-refractivity contribution is -0.139. The molecule has 0 fully saturated rings. The highest BCUT2D eigenvalue weighted by Gasteiger charge is 2.09. The van der Waals surface area contributed by atoms with E-state index in [-0.39, 0.29) is 12.4 Å². The van der Waals surface area contributed by atoms with Crippen molar-refractivity contribution < 1.29 is 9.53 Å². The predicted octanol–water partition coefficient (Wildman–Crippen LogP) is 3.26. The zero-order valence-corrected chi connectivity index (χ0v) is 11.0. The van der Waals surface area contributed by atoms with E-state index >= 15 is 0 Å². The Bertz CT molecular complexity index is 377. The highest BCUT2D eigenvalue weighted by Crippen LogP contribution is 2.23. The van der Waals surface area contributed by atoms with E-state index in [1.165, 1.54) is 7.11 Å². The summed E-state index contributed by atoms with van der Waals surface area (Å²) in [6.45, 7) is 1.90. The number of carbonyl (C=O) groups is 1. The maximum atomic E-state index is 11.2. The Hall–Kier alpha value is -0.540. The molecule has 15 heavy (non-hydrogen) atoms. The molecule has 0 saturated heterocycles. The molecule has 0 amide bonds. The molecule has 82 valence electrons. The summed E-state index contributed by atoms with van der Waals surface area (Å²) in [4.78, 5) is 11.2. The van der Waals surface area contributed by atoms with Gasteiger partial charge in [0.05, 0.1) is 13.5 Å². The van der Waals surface area contributed by atoms with E-state index in [4.69, 9.17) is 11.6 Å². The van der Waals surface area contributed by atoms with Gasteiger partial charge in [0.25, 0.3) is 0 Å². The number of benzene rings is 1.